The van der Waals surface area contributed by atoms with E-state index in [-0.39, 0.29) is 84.6 Å². The van der Waals surface area contributed by atoms with E-state index in [9.17, 15) is 47.9 Å². The minimum Gasteiger partial charge on any atom is -0.445 e. The second kappa shape index (κ2) is 100. The molecule has 38 nitrogen and oxygen atoms in total. The fourth-order valence-corrected chi connectivity index (χ4v) is 12.5. The predicted molar refractivity (Wildman–Crippen MR) is 570 cm³/mol. The number of nitrogens with one attached hydrogen (secondary N) is 9. The van der Waals surface area contributed by atoms with Gasteiger partial charge in [-0.15, -0.1) is 0 Å². The van der Waals surface area contributed by atoms with Crippen molar-refractivity contribution in [2.24, 2.45) is 86.2 Å². The summed E-state index contributed by atoms with van der Waals surface area (Å²) < 4.78 is 15.4. The number of Topliss-reactive ketones (excluding diaryl/α,β-unsaturated/α-hetero) is 1. The van der Waals surface area contributed by atoms with Gasteiger partial charge >= 0.3 is 18.3 Å². The van der Waals surface area contributed by atoms with Crippen LogP contribution in [0.4, 0.5) is 14.4 Å². The van der Waals surface area contributed by atoms with Crippen LogP contribution in [-0.2, 0) is 61.0 Å². The average molecular weight is 1980 g/mol. The molecule has 0 bridgehead atoms. The number of amides is 9. The Hall–Kier alpha value is -7.90. The van der Waals surface area contributed by atoms with Gasteiger partial charge in [-0.3, -0.25) is 33.6 Å². The molecule has 2 rings (SSSR count). The largest absolute Gasteiger partial charge is 0.445 e. The van der Waals surface area contributed by atoms with Gasteiger partial charge in [-0.05, 0) is 320 Å². The van der Waals surface area contributed by atoms with Gasteiger partial charge in [0.15, 0.2) is 5.78 Å². The van der Waals surface area contributed by atoms with Crippen molar-refractivity contribution in [3.8, 4) is 0 Å². The van der Waals surface area contributed by atoms with Crippen LogP contribution in [0.5, 0.6) is 0 Å². The summed E-state index contributed by atoms with van der Waals surface area (Å²) in [5.41, 5.74) is 79.8. The molecule has 0 saturated heterocycles. The Balaban J connectivity index is -0.000000386. The molecule has 11 atom stereocenters. The fourth-order valence-electron chi connectivity index (χ4n) is 12.5. The average Bonchev–Trinajstić information content (AvgIpc) is 1.05. The first-order chi connectivity index (χ1) is 65.9. The molecule has 37 N–H and O–H groups in total. The number of hydrogen-bond donors (Lipinski definition) is 23. The first-order valence-electron chi connectivity index (χ1n) is 51.5. The Morgan fingerprint density at radius 3 is 0.842 bits per heavy atom. The molecule has 0 fully saturated rings. The lowest BCUT2D eigenvalue weighted by atomic mass is 9.92. The van der Waals surface area contributed by atoms with E-state index < -0.39 is 48.0 Å². The van der Waals surface area contributed by atoms with Crippen LogP contribution in [-0.4, -0.2) is 262 Å². The molecule has 0 saturated carbocycles. The molecular weight excluding hydrogens is 1770 g/mol. The Morgan fingerprint density at radius 2 is 0.554 bits per heavy atom. The molecule has 139 heavy (non-hydrogen) atoms. The van der Waals surface area contributed by atoms with Gasteiger partial charge in [0.25, 0.3) is 0 Å². The third kappa shape index (κ3) is 110. The van der Waals surface area contributed by atoms with Crippen molar-refractivity contribution in [2.75, 3.05) is 126 Å². The molecule has 0 aliphatic rings. The number of ether oxygens (including phenoxy) is 3. The highest BCUT2D eigenvalue weighted by molar-refractivity contribution is 5.86. The fraction of sp³-hybridized carbons (Fsp3) is 0.782. The van der Waals surface area contributed by atoms with Gasteiger partial charge < -0.3 is 152 Å². The summed E-state index contributed by atoms with van der Waals surface area (Å²) >= 11 is 0. The third-order valence-electron chi connectivity index (χ3n) is 20.8. The van der Waals surface area contributed by atoms with Crippen LogP contribution in [0.15, 0.2) is 60.7 Å². The number of nitrogens with two attached hydrogens (primary N) is 14. The smallest absolute Gasteiger partial charge is 0.407 e. The molecule has 0 aromatic heterocycles. The van der Waals surface area contributed by atoms with Gasteiger partial charge in [0.05, 0.1) is 30.2 Å². The molecule has 2 aromatic rings. The number of hydrogen-bond acceptors (Lipinski definition) is 29. The molecule has 0 spiro atoms. The Bertz CT molecular complexity index is 3030. The summed E-state index contributed by atoms with van der Waals surface area (Å²) in [4.78, 5) is 120. The number of ketones is 1. The van der Waals surface area contributed by atoms with E-state index in [2.05, 4.69) is 57.7 Å². The zero-order valence-corrected chi connectivity index (χ0v) is 89.2. The third-order valence-corrected chi connectivity index (χ3v) is 20.8. The number of carbonyl (C=O) groups excluding carboxylic acids is 10. The maximum atomic E-state index is 12.5. The first kappa shape index (κ1) is 142. The van der Waals surface area contributed by atoms with Crippen LogP contribution in [0.25, 0.3) is 0 Å². The van der Waals surface area contributed by atoms with E-state index in [0.29, 0.717) is 103 Å². The van der Waals surface area contributed by atoms with Gasteiger partial charge in [0.1, 0.15) is 18.8 Å². The second-order valence-electron chi connectivity index (χ2n) is 37.5. The number of benzene rings is 2. The highest BCUT2D eigenvalue weighted by atomic mass is 16.6. The zero-order chi connectivity index (χ0) is 106. The predicted octanol–water partition coefficient (Wildman–Crippen LogP) is 7.19. The maximum absolute atomic E-state index is 12.5. The van der Waals surface area contributed by atoms with E-state index in [4.69, 9.17) is 94.5 Å². The van der Waals surface area contributed by atoms with E-state index in [1.54, 1.807) is 0 Å². The molecule has 0 aliphatic carbocycles. The topological polar surface area (TPSA) is 677 Å². The van der Waals surface area contributed by atoms with E-state index in [1.165, 1.54) is 26.7 Å². The van der Waals surface area contributed by atoms with Gasteiger partial charge in [-0.1, -0.05) is 119 Å². The van der Waals surface area contributed by atoms with Crippen molar-refractivity contribution < 1.29 is 62.2 Å². The SMILES string of the molecule is CC(=O)NCCCN(C)C.CC(=O)NCCCN(C)C.CC(CCCCNC(=O)C(N)CCCCN)NC(=O)C(N)CCCCN.CC(CCCCNC(=O)C(N)CCCCN)NC(=O)C(N)CCCCN.CC(CCCCNC(=O)OCc1ccccc1)C(=O)C(N)CCCCNC(=O)OCc1ccccc1.CC(N)CCCCN.CC(N)CCCCN.CC(N)CCCCNC(=O)OC(C)(C)C. The summed E-state index contributed by atoms with van der Waals surface area (Å²) in [7, 11) is 8.09. The van der Waals surface area contributed by atoms with E-state index in [0.717, 1.165) is 230 Å². The molecular formula is C101H207N25O13. The maximum Gasteiger partial charge on any atom is 0.407 e. The van der Waals surface area contributed by atoms with Crippen LogP contribution >= 0.6 is 0 Å². The Kier molecular flexibility index (Phi) is 102. The van der Waals surface area contributed by atoms with Crippen molar-refractivity contribution in [3.05, 3.63) is 71.8 Å². The minimum absolute atomic E-state index is 0.0544. The normalized spacial score (nSPS) is 13.1. The molecule has 0 heterocycles. The van der Waals surface area contributed by atoms with Crippen LogP contribution in [0.3, 0.4) is 0 Å². The van der Waals surface area contributed by atoms with Gasteiger partial charge in [-0.25, -0.2) is 14.4 Å². The van der Waals surface area contributed by atoms with Crippen LogP contribution in [0, 0.1) is 5.92 Å². The quantitative estimate of drug-likeness (QED) is 0.0230. The van der Waals surface area contributed by atoms with Crippen LogP contribution in [0.1, 0.15) is 312 Å². The summed E-state index contributed by atoms with van der Waals surface area (Å²) in [5.74, 6) is -0.384. The lowest BCUT2D eigenvalue weighted by Crippen LogP contribution is -2.44. The zero-order valence-electron chi connectivity index (χ0n) is 89.2. The van der Waals surface area contributed by atoms with Gasteiger partial charge in [-0.2, -0.15) is 0 Å². The van der Waals surface area contributed by atoms with Crippen molar-refractivity contribution in [1.29, 1.82) is 0 Å². The van der Waals surface area contributed by atoms with Crippen molar-refractivity contribution in [3.63, 3.8) is 0 Å². The molecule has 2 aromatic carbocycles. The van der Waals surface area contributed by atoms with Crippen molar-refractivity contribution in [2.45, 2.75) is 380 Å². The first-order valence-corrected chi connectivity index (χ1v) is 51.5. The molecule has 0 aliphatic heterocycles. The molecule has 0 radical (unpaired) electrons. The summed E-state index contributed by atoms with van der Waals surface area (Å²) in [6.07, 6.45) is 29.8. The molecule has 38 heteroatoms. The highest BCUT2D eigenvalue weighted by Crippen LogP contribution is 2.15. The summed E-state index contributed by atoms with van der Waals surface area (Å²) in [6, 6.07) is 17.7. The minimum atomic E-state index is -0.504. The van der Waals surface area contributed by atoms with Crippen molar-refractivity contribution in [1.82, 2.24) is 57.7 Å². The van der Waals surface area contributed by atoms with E-state index in [1.807, 2.05) is 151 Å². The van der Waals surface area contributed by atoms with Crippen molar-refractivity contribution >= 4 is 59.5 Å². The van der Waals surface area contributed by atoms with Gasteiger partial charge in [0, 0.05) is 95.8 Å². The van der Waals surface area contributed by atoms with Crippen LogP contribution in [0.2, 0.25) is 0 Å². The lowest BCUT2D eigenvalue weighted by molar-refractivity contribution is -0.124. The molecule has 11 unspecified atom stereocenters. The number of carbonyl (C=O) groups is 10. The van der Waals surface area contributed by atoms with Gasteiger partial charge in [0.2, 0.25) is 35.4 Å². The number of nitrogens with zero attached hydrogens (tertiary/aromatic N) is 2. The number of unbranched alkanes of at least 4 members (excludes halogenated alkanes) is 11. The summed E-state index contributed by atoms with van der Waals surface area (Å²) in [6.45, 7) is 31.5. The van der Waals surface area contributed by atoms with E-state index >= 15 is 0 Å². The molecule has 814 valence electrons. The lowest BCUT2D eigenvalue weighted by Gasteiger charge is -2.19. The standard InChI is InChI=1S/C28H39N3O5.2C18H40N6O2.C11H24N2O2.2C7H16N2O.2C6H16N2/c1-22(12-8-10-18-30-27(33)35-20-23-13-4-2-5-14-23)26(32)25(29)17-9-11-19-31-28(34)36-21-24-15-6-3-7-16-24;2*1-14(24-18(26)16(22)10-3-6-12-20)8-4-7-13-23-17(25)15(21)9-2-5-11-19;1-9(12)7-5-6-8-13-10(14)15-11(2,3)4;2*1-7(10)8-5-4-6-9(2)3;2*1-6(8)4-2-3-5-7/h2-7,13-16,22,25H,8-12,17-21,29H2,1H3,(H,30,33)(H,31,34);2*14-16H,2-13,19-22H2,1H3,(H,23,25)(H,24,26);9H,5-8,12H2,1-4H3,(H,13,14);2*4-6H2,1-3H3,(H,8,10);2*6H,2-5,7-8H2,1H3. The number of alkyl carbamates (subject to hydrolysis) is 3. The van der Waals surface area contributed by atoms with Crippen LogP contribution < -0.4 is 128 Å². The Labute approximate surface area is 839 Å². The second-order valence-corrected chi connectivity index (χ2v) is 37.5. The number of rotatable bonds is 69. The monoisotopic (exact) mass is 1980 g/mol. The summed E-state index contributed by atoms with van der Waals surface area (Å²) in [5, 5.41) is 25.2. The highest BCUT2D eigenvalue weighted by Gasteiger charge is 2.22. The molecule has 9 amide bonds. The Morgan fingerprint density at radius 1 is 0.302 bits per heavy atom.